The Morgan fingerprint density at radius 3 is 2.42 bits per heavy atom. The zero-order valence-corrected chi connectivity index (χ0v) is 23.6. The van der Waals surface area contributed by atoms with Crippen molar-refractivity contribution < 1.29 is 14.3 Å². The summed E-state index contributed by atoms with van der Waals surface area (Å²) in [7, 11) is 3.44. The van der Waals surface area contributed by atoms with Crippen LogP contribution >= 0.6 is 0 Å². The van der Waals surface area contributed by atoms with Crippen molar-refractivity contribution >= 4 is 16.9 Å². The van der Waals surface area contributed by atoms with E-state index in [9.17, 15) is 4.79 Å². The van der Waals surface area contributed by atoms with Gasteiger partial charge in [-0.15, -0.1) is 0 Å². The second-order valence-electron chi connectivity index (χ2n) is 10.9. The first-order valence-electron chi connectivity index (χ1n) is 14.0. The lowest BCUT2D eigenvalue weighted by Gasteiger charge is -2.25. The number of benzene rings is 2. The normalized spacial score (nSPS) is 13.6. The summed E-state index contributed by atoms with van der Waals surface area (Å²) in [5.74, 6) is 2.29. The van der Waals surface area contributed by atoms with Crippen LogP contribution in [0, 0.1) is 11.8 Å². The van der Waals surface area contributed by atoms with Crippen molar-refractivity contribution in [1.82, 2.24) is 19.4 Å². The molecule has 206 valence electrons. The van der Waals surface area contributed by atoms with Crippen LogP contribution in [0.1, 0.15) is 54.9 Å². The van der Waals surface area contributed by atoms with Gasteiger partial charge >= 0.3 is 0 Å². The van der Waals surface area contributed by atoms with Gasteiger partial charge in [-0.1, -0.05) is 38.1 Å². The highest BCUT2D eigenvalue weighted by molar-refractivity contribution is 5.94. The quantitative estimate of drug-likeness (QED) is 0.259. The van der Waals surface area contributed by atoms with Crippen molar-refractivity contribution in [3.05, 3.63) is 65.5 Å². The first kappa shape index (κ1) is 28.3. The second kappa shape index (κ2) is 13.9. The molecule has 1 aliphatic rings. The summed E-state index contributed by atoms with van der Waals surface area (Å²) >= 11 is 0. The van der Waals surface area contributed by atoms with E-state index in [-0.39, 0.29) is 5.91 Å². The van der Waals surface area contributed by atoms with Crippen LogP contribution in [0.2, 0.25) is 0 Å². The molecule has 7 heteroatoms. The zero-order valence-electron chi connectivity index (χ0n) is 23.6. The van der Waals surface area contributed by atoms with Gasteiger partial charge in [0, 0.05) is 52.5 Å². The van der Waals surface area contributed by atoms with Gasteiger partial charge in [0.1, 0.15) is 5.82 Å². The van der Waals surface area contributed by atoms with E-state index in [2.05, 4.69) is 47.6 Å². The highest BCUT2D eigenvalue weighted by Gasteiger charge is 2.26. The fraction of sp³-hybridized carbons (Fsp3) is 0.548. The van der Waals surface area contributed by atoms with Crippen LogP contribution in [0.15, 0.2) is 48.5 Å². The fourth-order valence-corrected chi connectivity index (χ4v) is 4.80. The van der Waals surface area contributed by atoms with Crippen molar-refractivity contribution in [2.75, 3.05) is 47.1 Å². The molecule has 1 fully saturated rings. The Morgan fingerprint density at radius 2 is 1.74 bits per heavy atom. The van der Waals surface area contributed by atoms with E-state index in [1.165, 1.54) is 18.4 Å². The Morgan fingerprint density at radius 1 is 1.00 bits per heavy atom. The van der Waals surface area contributed by atoms with Crippen LogP contribution in [-0.2, 0) is 29.1 Å². The van der Waals surface area contributed by atoms with Crippen LogP contribution in [0.25, 0.3) is 11.0 Å². The third kappa shape index (κ3) is 7.88. The van der Waals surface area contributed by atoms with Gasteiger partial charge in [-0.05, 0) is 60.9 Å². The molecular weight excluding hydrogens is 476 g/mol. The molecule has 1 saturated carbocycles. The standard InChI is InChI=1S/C31H44N4O3/c1-24(2)14-15-34(23-30-32-28-10-5-6-11-29(28)35(30)22-25-12-13-25)31(36)27-9-7-8-26(20-27)21-33(16-18-37-3)17-19-38-4/h5-11,20,24-25H,12-19,21-23H2,1-4H3. The average Bonchev–Trinajstić information content (AvgIpc) is 3.68. The van der Waals surface area contributed by atoms with Crippen LogP contribution in [0.4, 0.5) is 0 Å². The van der Waals surface area contributed by atoms with Crippen LogP contribution in [-0.4, -0.2) is 72.3 Å². The van der Waals surface area contributed by atoms with Crippen LogP contribution in [0.5, 0.6) is 0 Å². The molecular formula is C31H44N4O3. The monoisotopic (exact) mass is 520 g/mol. The number of fused-ring (bicyclic) bond motifs is 1. The summed E-state index contributed by atoms with van der Waals surface area (Å²) in [5.41, 5.74) is 4.02. The molecule has 4 rings (SSSR count). The Balaban J connectivity index is 1.56. The molecule has 1 aromatic heterocycles. The van der Waals surface area contributed by atoms with E-state index in [0.29, 0.717) is 32.2 Å². The van der Waals surface area contributed by atoms with Gasteiger partial charge in [0.15, 0.2) is 0 Å². The third-order valence-corrected chi connectivity index (χ3v) is 7.27. The van der Waals surface area contributed by atoms with E-state index in [1.807, 2.05) is 29.2 Å². The molecule has 1 amide bonds. The number of para-hydroxylation sites is 2. The number of imidazole rings is 1. The van der Waals surface area contributed by atoms with E-state index in [0.717, 1.165) is 61.0 Å². The first-order chi connectivity index (χ1) is 18.5. The number of nitrogens with zero attached hydrogens (tertiary/aromatic N) is 4. The summed E-state index contributed by atoms with van der Waals surface area (Å²) in [6.07, 6.45) is 3.51. The largest absolute Gasteiger partial charge is 0.383 e. The van der Waals surface area contributed by atoms with Gasteiger partial charge in [0.25, 0.3) is 5.91 Å². The zero-order chi connectivity index (χ0) is 26.9. The van der Waals surface area contributed by atoms with E-state index in [4.69, 9.17) is 14.5 Å². The smallest absolute Gasteiger partial charge is 0.254 e. The first-order valence-corrected chi connectivity index (χ1v) is 14.0. The van der Waals surface area contributed by atoms with Crippen LogP contribution in [0.3, 0.4) is 0 Å². The van der Waals surface area contributed by atoms with Crippen molar-refractivity contribution in [3.8, 4) is 0 Å². The number of hydrogen-bond donors (Lipinski definition) is 0. The molecule has 0 unspecified atom stereocenters. The number of carbonyl (C=O) groups is 1. The van der Waals surface area contributed by atoms with Crippen molar-refractivity contribution in [2.24, 2.45) is 11.8 Å². The number of aromatic nitrogens is 2. The van der Waals surface area contributed by atoms with Gasteiger partial charge in [0.2, 0.25) is 0 Å². The number of hydrogen-bond acceptors (Lipinski definition) is 5. The van der Waals surface area contributed by atoms with Gasteiger partial charge in [0.05, 0.1) is 30.8 Å². The van der Waals surface area contributed by atoms with Gasteiger partial charge in [-0.2, -0.15) is 0 Å². The van der Waals surface area contributed by atoms with Crippen molar-refractivity contribution in [2.45, 2.75) is 52.7 Å². The third-order valence-electron chi connectivity index (χ3n) is 7.27. The molecule has 0 N–H and O–H groups in total. The molecule has 0 atom stereocenters. The molecule has 7 nitrogen and oxygen atoms in total. The van der Waals surface area contributed by atoms with E-state index < -0.39 is 0 Å². The summed E-state index contributed by atoms with van der Waals surface area (Å²) < 4.78 is 12.9. The molecule has 0 spiro atoms. The summed E-state index contributed by atoms with van der Waals surface area (Å²) in [4.78, 5) is 23.2. The highest BCUT2D eigenvalue weighted by atomic mass is 16.5. The number of amides is 1. The molecule has 1 aliphatic carbocycles. The molecule has 2 aromatic carbocycles. The maximum Gasteiger partial charge on any atom is 0.254 e. The van der Waals surface area contributed by atoms with Crippen molar-refractivity contribution in [1.29, 1.82) is 0 Å². The predicted molar refractivity (Wildman–Crippen MR) is 152 cm³/mol. The Labute approximate surface area is 227 Å². The number of methoxy groups -OCH3 is 2. The van der Waals surface area contributed by atoms with Crippen LogP contribution < -0.4 is 0 Å². The molecule has 0 saturated heterocycles. The highest BCUT2D eigenvalue weighted by Crippen LogP contribution is 2.33. The number of ether oxygens (including phenoxy) is 2. The molecule has 0 radical (unpaired) electrons. The fourth-order valence-electron chi connectivity index (χ4n) is 4.80. The van der Waals surface area contributed by atoms with Crippen molar-refractivity contribution in [3.63, 3.8) is 0 Å². The number of carbonyl (C=O) groups excluding carboxylic acids is 1. The lowest BCUT2D eigenvalue weighted by Crippen LogP contribution is -2.34. The Kier molecular flexibility index (Phi) is 10.3. The number of rotatable bonds is 16. The minimum Gasteiger partial charge on any atom is -0.383 e. The molecule has 1 heterocycles. The van der Waals surface area contributed by atoms with E-state index in [1.54, 1.807) is 14.2 Å². The molecule has 0 aliphatic heterocycles. The van der Waals surface area contributed by atoms with Gasteiger partial charge < -0.3 is 18.9 Å². The maximum absolute atomic E-state index is 13.9. The minimum atomic E-state index is 0.0675. The minimum absolute atomic E-state index is 0.0675. The Hall–Kier alpha value is -2.74. The van der Waals surface area contributed by atoms with E-state index >= 15 is 0 Å². The predicted octanol–water partition coefficient (Wildman–Crippen LogP) is 5.23. The lowest BCUT2D eigenvalue weighted by molar-refractivity contribution is 0.0728. The van der Waals surface area contributed by atoms with Gasteiger partial charge in [-0.25, -0.2) is 4.98 Å². The molecule has 38 heavy (non-hydrogen) atoms. The summed E-state index contributed by atoms with van der Waals surface area (Å²) in [6, 6.07) is 16.4. The summed E-state index contributed by atoms with van der Waals surface area (Å²) in [5, 5.41) is 0. The molecule has 0 bridgehead atoms. The Bertz CT molecular complexity index is 1160. The van der Waals surface area contributed by atoms with Gasteiger partial charge in [-0.3, -0.25) is 9.69 Å². The SMILES string of the molecule is COCCN(CCOC)Cc1cccc(C(=O)N(CCC(C)C)Cc2nc3ccccc3n2CC2CC2)c1. The molecule has 3 aromatic rings. The lowest BCUT2D eigenvalue weighted by atomic mass is 10.1. The average molecular weight is 521 g/mol. The second-order valence-corrected chi connectivity index (χ2v) is 10.9. The topological polar surface area (TPSA) is 59.8 Å². The maximum atomic E-state index is 13.9. The summed E-state index contributed by atoms with van der Waals surface area (Å²) in [6.45, 7) is 10.3.